The second kappa shape index (κ2) is 11.1. The molecule has 0 radical (unpaired) electrons. The number of rotatable bonds is 10. The molecule has 0 aromatic heterocycles. The van der Waals surface area contributed by atoms with Crippen LogP contribution in [0.4, 0.5) is 0 Å². The van der Waals surface area contributed by atoms with Crippen molar-refractivity contribution in [3.63, 3.8) is 0 Å². The van der Waals surface area contributed by atoms with Crippen LogP contribution in [0.1, 0.15) is 18.9 Å². The van der Waals surface area contributed by atoms with Gasteiger partial charge in [-0.05, 0) is 61.9 Å². The van der Waals surface area contributed by atoms with Gasteiger partial charge in [0.05, 0.1) is 24.7 Å². The number of hydrogen-bond donors (Lipinski definition) is 0. The Morgan fingerprint density at radius 1 is 1.07 bits per heavy atom. The molecule has 6 nitrogen and oxygen atoms in total. The first-order chi connectivity index (χ1) is 14.5. The number of sulfonamides is 1. The van der Waals surface area contributed by atoms with Gasteiger partial charge in [0, 0.05) is 31.2 Å². The van der Waals surface area contributed by atoms with Crippen LogP contribution in [0.25, 0.3) is 0 Å². The molecular formula is C22H29ClN2O4S. The highest BCUT2D eigenvalue weighted by Gasteiger charge is 2.25. The normalized spacial score (nSPS) is 15.4. The number of hydrogen-bond acceptors (Lipinski definition) is 5. The number of benzene rings is 2. The molecule has 0 atom stereocenters. The van der Waals surface area contributed by atoms with Crippen LogP contribution in [-0.4, -0.2) is 63.6 Å². The van der Waals surface area contributed by atoms with E-state index in [0.29, 0.717) is 24.7 Å². The molecule has 2 aromatic carbocycles. The van der Waals surface area contributed by atoms with Crippen molar-refractivity contribution in [2.75, 3.05) is 46.0 Å². The first kappa shape index (κ1) is 23.0. The molecule has 0 aliphatic carbocycles. The predicted octanol–water partition coefficient (Wildman–Crippen LogP) is 3.65. The van der Waals surface area contributed by atoms with Crippen molar-refractivity contribution >= 4 is 21.6 Å². The molecule has 1 saturated heterocycles. The van der Waals surface area contributed by atoms with Crippen molar-refractivity contribution < 1.29 is 17.9 Å². The van der Waals surface area contributed by atoms with E-state index in [1.54, 1.807) is 28.6 Å². The fourth-order valence-electron chi connectivity index (χ4n) is 3.40. The summed E-state index contributed by atoms with van der Waals surface area (Å²) in [4.78, 5) is 2.57. The molecule has 1 aliphatic heterocycles. The minimum atomic E-state index is -3.64. The van der Waals surface area contributed by atoms with Crippen molar-refractivity contribution in [1.29, 1.82) is 0 Å². The van der Waals surface area contributed by atoms with Crippen molar-refractivity contribution in [3.8, 4) is 5.75 Å². The second-order valence-electron chi connectivity index (χ2n) is 7.18. The fourth-order valence-corrected chi connectivity index (χ4v) is 4.99. The quantitative estimate of drug-likeness (QED) is 0.550. The zero-order valence-electron chi connectivity index (χ0n) is 17.3. The second-order valence-corrected chi connectivity index (χ2v) is 9.55. The van der Waals surface area contributed by atoms with Gasteiger partial charge in [-0.2, -0.15) is 4.31 Å². The van der Waals surface area contributed by atoms with Gasteiger partial charge in [-0.25, -0.2) is 8.42 Å². The van der Waals surface area contributed by atoms with Crippen LogP contribution >= 0.6 is 11.6 Å². The average molecular weight is 453 g/mol. The lowest BCUT2D eigenvalue weighted by atomic mass is 10.2. The average Bonchev–Trinajstić information content (AvgIpc) is 2.75. The van der Waals surface area contributed by atoms with Crippen molar-refractivity contribution in [2.45, 2.75) is 24.8 Å². The molecule has 0 bridgehead atoms. The van der Waals surface area contributed by atoms with E-state index < -0.39 is 10.0 Å². The maximum Gasteiger partial charge on any atom is 0.243 e. The molecule has 0 unspecified atom stereocenters. The molecule has 164 valence electrons. The molecule has 0 N–H and O–H groups in total. The van der Waals surface area contributed by atoms with E-state index in [2.05, 4.69) is 4.90 Å². The maximum absolute atomic E-state index is 13.3. The van der Waals surface area contributed by atoms with Crippen LogP contribution in [0, 0.1) is 0 Å². The van der Waals surface area contributed by atoms with E-state index >= 15 is 0 Å². The van der Waals surface area contributed by atoms with Gasteiger partial charge in [-0.1, -0.05) is 23.7 Å². The summed E-state index contributed by atoms with van der Waals surface area (Å²) in [5.41, 5.74) is 0.919. The highest BCUT2D eigenvalue weighted by Crippen LogP contribution is 2.22. The lowest BCUT2D eigenvalue weighted by Gasteiger charge is -2.28. The summed E-state index contributed by atoms with van der Waals surface area (Å²) in [6.45, 7) is 7.37. The van der Waals surface area contributed by atoms with Crippen LogP contribution in [0.15, 0.2) is 53.4 Å². The Morgan fingerprint density at radius 2 is 1.73 bits per heavy atom. The number of halogens is 1. The third kappa shape index (κ3) is 6.43. The number of ether oxygens (including phenoxy) is 2. The molecule has 0 saturated carbocycles. The summed E-state index contributed by atoms with van der Waals surface area (Å²) in [6.07, 6.45) is 0.754. The number of morpholine rings is 1. The summed E-state index contributed by atoms with van der Waals surface area (Å²) >= 11 is 5.95. The van der Waals surface area contributed by atoms with E-state index in [-0.39, 0.29) is 4.90 Å². The molecule has 2 aromatic rings. The van der Waals surface area contributed by atoms with E-state index in [0.717, 1.165) is 50.6 Å². The third-order valence-electron chi connectivity index (χ3n) is 5.03. The Labute approximate surface area is 184 Å². The molecule has 3 rings (SSSR count). The molecule has 0 amide bonds. The van der Waals surface area contributed by atoms with Crippen LogP contribution in [0.5, 0.6) is 5.75 Å². The molecule has 8 heteroatoms. The van der Waals surface area contributed by atoms with Gasteiger partial charge in [0.15, 0.2) is 0 Å². The Hall–Kier alpha value is -1.64. The largest absolute Gasteiger partial charge is 0.494 e. The lowest BCUT2D eigenvalue weighted by Crippen LogP contribution is -2.39. The topological polar surface area (TPSA) is 59.1 Å². The van der Waals surface area contributed by atoms with Crippen molar-refractivity contribution in [3.05, 3.63) is 59.1 Å². The Morgan fingerprint density at radius 3 is 2.37 bits per heavy atom. The van der Waals surface area contributed by atoms with Gasteiger partial charge < -0.3 is 9.47 Å². The van der Waals surface area contributed by atoms with Gasteiger partial charge in [-0.3, -0.25) is 4.90 Å². The highest BCUT2D eigenvalue weighted by atomic mass is 35.5. The first-order valence-corrected chi connectivity index (χ1v) is 12.1. The van der Waals surface area contributed by atoms with E-state index in [4.69, 9.17) is 21.1 Å². The van der Waals surface area contributed by atoms with Crippen LogP contribution in [-0.2, 0) is 21.3 Å². The van der Waals surface area contributed by atoms with Crippen molar-refractivity contribution in [1.82, 2.24) is 9.21 Å². The molecule has 1 heterocycles. The van der Waals surface area contributed by atoms with Crippen molar-refractivity contribution in [2.24, 2.45) is 0 Å². The fraction of sp³-hybridized carbons (Fsp3) is 0.455. The van der Waals surface area contributed by atoms with Crippen LogP contribution < -0.4 is 4.74 Å². The van der Waals surface area contributed by atoms with E-state index in [1.807, 2.05) is 31.2 Å². The SMILES string of the molecule is CCOc1ccc(CN(CCCN2CCOCC2)S(=O)(=O)c2ccc(Cl)cc2)cc1. The first-order valence-electron chi connectivity index (χ1n) is 10.3. The van der Waals surface area contributed by atoms with Gasteiger partial charge in [-0.15, -0.1) is 0 Å². The monoisotopic (exact) mass is 452 g/mol. The lowest BCUT2D eigenvalue weighted by molar-refractivity contribution is 0.0368. The zero-order chi connectivity index (χ0) is 21.4. The Kier molecular flexibility index (Phi) is 8.53. The Bertz CT molecular complexity index is 882. The van der Waals surface area contributed by atoms with Crippen LogP contribution in [0.3, 0.4) is 0 Å². The molecule has 0 spiro atoms. The molecule has 1 fully saturated rings. The summed E-state index contributed by atoms with van der Waals surface area (Å²) in [6, 6.07) is 13.9. The maximum atomic E-state index is 13.3. The summed E-state index contributed by atoms with van der Waals surface area (Å²) in [5.74, 6) is 0.778. The zero-order valence-corrected chi connectivity index (χ0v) is 18.9. The third-order valence-corrected chi connectivity index (χ3v) is 7.14. The molecule has 1 aliphatic rings. The summed E-state index contributed by atoms with van der Waals surface area (Å²) in [7, 11) is -3.64. The molecular weight excluding hydrogens is 424 g/mol. The Balaban J connectivity index is 1.73. The predicted molar refractivity (Wildman–Crippen MR) is 119 cm³/mol. The minimum absolute atomic E-state index is 0.254. The smallest absolute Gasteiger partial charge is 0.243 e. The standard InChI is InChI=1S/C22H29ClN2O4S/c1-2-29-21-8-4-19(5-9-21)18-25(13-3-12-24-14-16-28-17-15-24)30(26,27)22-10-6-20(23)7-11-22/h4-11H,2-3,12-18H2,1H3. The van der Waals surface area contributed by atoms with E-state index in [1.165, 1.54) is 0 Å². The van der Waals surface area contributed by atoms with Gasteiger partial charge in [0.1, 0.15) is 5.75 Å². The number of nitrogens with zero attached hydrogens (tertiary/aromatic N) is 2. The highest BCUT2D eigenvalue weighted by molar-refractivity contribution is 7.89. The minimum Gasteiger partial charge on any atom is -0.494 e. The van der Waals surface area contributed by atoms with Crippen LogP contribution in [0.2, 0.25) is 5.02 Å². The summed E-state index contributed by atoms with van der Waals surface area (Å²) < 4.78 is 39.1. The van der Waals surface area contributed by atoms with Gasteiger partial charge >= 0.3 is 0 Å². The van der Waals surface area contributed by atoms with Gasteiger partial charge in [0.2, 0.25) is 10.0 Å². The summed E-state index contributed by atoms with van der Waals surface area (Å²) in [5, 5.41) is 0.513. The van der Waals surface area contributed by atoms with E-state index in [9.17, 15) is 8.42 Å². The molecule has 30 heavy (non-hydrogen) atoms. The van der Waals surface area contributed by atoms with Gasteiger partial charge in [0.25, 0.3) is 0 Å².